The fourth-order valence-electron chi connectivity index (χ4n) is 3.76. The van der Waals surface area contributed by atoms with Gasteiger partial charge in [0.25, 0.3) is 5.91 Å². The molecular formula is C27H25F3N2O3. The van der Waals surface area contributed by atoms with Crippen LogP contribution in [0, 0.1) is 11.3 Å². The number of ether oxygens (including phenoxy) is 2. The molecule has 35 heavy (non-hydrogen) atoms. The minimum atomic E-state index is -4.45. The zero-order valence-corrected chi connectivity index (χ0v) is 19.8. The van der Waals surface area contributed by atoms with Crippen molar-refractivity contribution in [2.45, 2.75) is 31.9 Å². The van der Waals surface area contributed by atoms with Crippen molar-refractivity contribution in [2.75, 3.05) is 19.5 Å². The maximum atomic E-state index is 13.1. The number of hydrogen-bond acceptors (Lipinski definition) is 4. The first-order valence-electron chi connectivity index (χ1n) is 10.7. The normalized spacial score (nSPS) is 11.5. The Hall–Kier alpha value is -3.99. The standard InChI is InChI=1S/C27H25F3N2O3/c1-26(2,13-14-31)22-11-10-20(16-21(22)17-5-8-19(9-6-17)27(28,29)30)32-25(33)18-7-12-23(34-3)24(15-18)35-4/h5-12,15-16H,13H2,1-4H3,(H,32,33). The minimum Gasteiger partial charge on any atom is -0.493 e. The zero-order valence-electron chi connectivity index (χ0n) is 19.8. The number of hydrogen-bond donors (Lipinski definition) is 1. The summed E-state index contributed by atoms with van der Waals surface area (Å²) in [5.41, 5.74) is 1.42. The van der Waals surface area contributed by atoms with E-state index in [1.165, 1.54) is 26.4 Å². The highest BCUT2D eigenvalue weighted by atomic mass is 19.4. The zero-order chi connectivity index (χ0) is 25.8. The summed E-state index contributed by atoms with van der Waals surface area (Å²) < 4.78 is 49.6. The molecular weight excluding hydrogens is 457 g/mol. The van der Waals surface area contributed by atoms with Gasteiger partial charge >= 0.3 is 6.18 Å². The molecule has 3 rings (SSSR count). The van der Waals surface area contributed by atoms with Crippen LogP contribution in [0.5, 0.6) is 11.5 Å². The summed E-state index contributed by atoms with van der Waals surface area (Å²) in [4.78, 5) is 12.9. The van der Waals surface area contributed by atoms with Crippen molar-refractivity contribution in [1.29, 1.82) is 5.26 Å². The van der Waals surface area contributed by atoms with Crippen molar-refractivity contribution in [3.05, 3.63) is 77.4 Å². The van der Waals surface area contributed by atoms with Gasteiger partial charge in [0, 0.05) is 23.1 Å². The number of anilines is 1. The van der Waals surface area contributed by atoms with Gasteiger partial charge in [-0.15, -0.1) is 0 Å². The fourth-order valence-corrected chi connectivity index (χ4v) is 3.76. The maximum Gasteiger partial charge on any atom is 0.416 e. The summed E-state index contributed by atoms with van der Waals surface area (Å²) >= 11 is 0. The third-order valence-corrected chi connectivity index (χ3v) is 5.70. The second-order valence-corrected chi connectivity index (χ2v) is 8.58. The number of methoxy groups -OCH3 is 2. The first-order valence-corrected chi connectivity index (χ1v) is 10.7. The van der Waals surface area contributed by atoms with Crippen LogP contribution in [-0.4, -0.2) is 20.1 Å². The number of nitrogens with one attached hydrogen (secondary N) is 1. The molecule has 1 amide bonds. The minimum absolute atomic E-state index is 0.206. The van der Waals surface area contributed by atoms with Crippen LogP contribution < -0.4 is 14.8 Å². The van der Waals surface area contributed by atoms with Crippen LogP contribution in [-0.2, 0) is 11.6 Å². The van der Waals surface area contributed by atoms with Gasteiger partial charge in [0.2, 0.25) is 0 Å². The van der Waals surface area contributed by atoms with Gasteiger partial charge in [0.05, 0.1) is 25.9 Å². The molecule has 0 fully saturated rings. The van der Waals surface area contributed by atoms with Crippen molar-refractivity contribution in [3.63, 3.8) is 0 Å². The molecule has 0 saturated carbocycles. The van der Waals surface area contributed by atoms with Crippen molar-refractivity contribution in [1.82, 2.24) is 0 Å². The highest BCUT2D eigenvalue weighted by Crippen LogP contribution is 2.38. The molecule has 0 aliphatic rings. The monoisotopic (exact) mass is 482 g/mol. The number of benzene rings is 3. The van der Waals surface area contributed by atoms with Crippen LogP contribution in [0.2, 0.25) is 0 Å². The highest BCUT2D eigenvalue weighted by Gasteiger charge is 2.30. The Kier molecular flexibility index (Phi) is 7.39. The van der Waals surface area contributed by atoms with E-state index in [-0.39, 0.29) is 6.42 Å². The first kappa shape index (κ1) is 25.6. The molecule has 0 atom stereocenters. The molecule has 0 spiro atoms. The fraction of sp³-hybridized carbons (Fsp3) is 0.259. The molecule has 8 heteroatoms. The molecule has 0 aromatic heterocycles. The third-order valence-electron chi connectivity index (χ3n) is 5.70. The first-order chi connectivity index (χ1) is 16.5. The predicted octanol–water partition coefficient (Wildman–Crippen LogP) is 6.83. The van der Waals surface area contributed by atoms with E-state index in [4.69, 9.17) is 9.47 Å². The summed E-state index contributed by atoms with van der Waals surface area (Å²) in [6.07, 6.45) is -4.24. The molecule has 0 radical (unpaired) electrons. The van der Waals surface area contributed by atoms with Crippen LogP contribution >= 0.6 is 0 Å². The predicted molar refractivity (Wildman–Crippen MR) is 128 cm³/mol. The molecule has 5 nitrogen and oxygen atoms in total. The number of carbonyl (C=O) groups excluding carboxylic acids is 1. The Morgan fingerprint density at radius 3 is 2.17 bits per heavy atom. The quantitative estimate of drug-likeness (QED) is 0.401. The van der Waals surface area contributed by atoms with Gasteiger partial charge < -0.3 is 14.8 Å². The van der Waals surface area contributed by atoms with E-state index in [1.807, 2.05) is 13.8 Å². The molecule has 0 bridgehead atoms. The van der Waals surface area contributed by atoms with E-state index in [1.54, 1.807) is 36.4 Å². The lowest BCUT2D eigenvalue weighted by Crippen LogP contribution is -2.18. The Morgan fingerprint density at radius 2 is 1.60 bits per heavy atom. The molecule has 1 N–H and O–H groups in total. The van der Waals surface area contributed by atoms with Gasteiger partial charge in [-0.1, -0.05) is 32.0 Å². The van der Waals surface area contributed by atoms with E-state index in [0.29, 0.717) is 33.9 Å². The SMILES string of the molecule is COc1ccc(C(=O)Nc2ccc(C(C)(C)CC#N)c(-c3ccc(C(F)(F)F)cc3)c2)cc1OC. The third kappa shape index (κ3) is 5.75. The summed E-state index contributed by atoms with van der Waals surface area (Å²) in [6, 6.07) is 17.0. The van der Waals surface area contributed by atoms with Gasteiger partial charge in [0.1, 0.15) is 0 Å². The van der Waals surface area contributed by atoms with E-state index >= 15 is 0 Å². The molecule has 182 valence electrons. The molecule has 3 aromatic rings. The van der Waals surface area contributed by atoms with Crippen molar-refractivity contribution in [3.8, 4) is 28.7 Å². The molecule has 0 unspecified atom stereocenters. The second kappa shape index (κ2) is 10.1. The number of carbonyl (C=O) groups is 1. The van der Waals surface area contributed by atoms with E-state index in [2.05, 4.69) is 11.4 Å². The van der Waals surface area contributed by atoms with Crippen LogP contribution in [0.25, 0.3) is 11.1 Å². The average Bonchev–Trinajstić information content (AvgIpc) is 2.82. The Labute approximate surface area is 202 Å². The molecule has 0 aliphatic carbocycles. The van der Waals surface area contributed by atoms with Crippen LogP contribution in [0.1, 0.15) is 41.8 Å². The smallest absolute Gasteiger partial charge is 0.416 e. The molecule has 0 heterocycles. The van der Waals surface area contributed by atoms with Crippen LogP contribution in [0.4, 0.5) is 18.9 Å². The lowest BCUT2D eigenvalue weighted by Gasteiger charge is -2.26. The lowest BCUT2D eigenvalue weighted by molar-refractivity contribution is -0.137. The van der Waals surface area contributed by atoms with Crippen LogP contribution in [0.15, 0.2) is 60.7 Å². The number of rotatable bonds is 7. The highest BCUT2D eigenvalue weighted by molar-refractivity contribution is 6.05. The summed E-state index contributed by atoms with van der Waals surface area (Å²) in [5.74, 6) is 0.491. The number of alkyl halides is 3. The molecule has 3 aromatic carbocycles. The number of amides is 1. The number of nitrogens with zero attached hydrogens (tertiary/aromatic N) is 1. The summed E-state index contributed by atoms with van der Waals surface area (Å²) in [5, 5.41) is 12.1. The van der Waals surface area contributed by atoms with Crippen molar-refractivity contribution < 1.29 is 27.4 Å². The van der Waals surface area contributed by atoms with E-state index in [0.717, 1.165) is 17.7 Å². The summed E-state index contributed by atoms with van der Waals surface area (Å²) in [6.45, 7) is 3.78. The Balaban J connectivity index is 2.02. The topological polar surface area (TPSA) is 71.3 Å². The van der Waals surface area contributed by atoms with Gasteiger partial charge in [0.15, 0.2) is 11.5 Å². The second-order valence-electron chi connectivity index (χ2n) is 8.58. The Bertz CT molecular complexity index is 1260. The Morgan fingerprint density at radius 1 is 0.943 bits per heavy atom. The largest absolute Gasteiger partial charge is 0.493 e. The lowest BCUT2D eigenvalue weighted by atomic mass is 9.78. The van der Waals surface area contributed by atoms with Gasteiger partial charge in [-0.2, -0.15) is 18.4 Å². The number of halogens is 3. The number of nitriles is 1. The van der Waals surface area contributed by atoms with Crippen molar-refractivity contribution >= 4 is 11.6 Å². The van der Waals surface area contributed by atoms with Crippen molar-refractivity contribution in [2.24, 2.45) is 0 Å². The van der Waals surface area contributed by atoms with Gasteiger partial charge in [-0.3, -0.25) is 4.79 Å². The van der Waals surface area contributed by atoms with E-state index in [9.17, 15) is 23.2 Å². The molecule has 0 saturated heterocycles. The van der Waals surface area contributed by atoms with Gasteiger partial charge in [-0.25, -0.2) is 0 Å². The van der Waals surface area contributed by atoms with Crippen LogP contribution in [0.3, 0.4) is 0 Å². The van der Waals surface area contributed by atoms with Gasteiger partial charge in [-0.05, 0) is 59.2 Å². The molecule has 0 aliphatic heterocycles. The summed E-state index contributed by atoms with van der Waals surface area (Å²) in [7, 11) is 2.97. The maximum absolute atomic E-state index is 13.1. The van der Waals surface area contributed by atoms with E-state index < -0.39 is 23.1 Å². The average molecular weight is 483 g/mol.